The minimum atomic E-state index is -0.462. The molecule has 11 nitrogen and oxygen atoms in total. The van der Waals surface area contributed by atoms with E-state index >= 15 is 0 Å². The molecule has 1 saturated heterocycles. The number of anilines is 3. The number of nitrogens with zero attached hydrogens (tertiary/aromatic N) is 6. The molecule has 1 aliphatic heterocycles. The fourth-order valence-electron chi connectivity index (χ4n) is 4.56. The first kappa shape index (κ1) is 28.4. The van der Waals surface area contributed by atoms with Gasteiger partial charge in [0.2, 0.25) is 0 Å². The lowest BCUT2D eigenvalue weighted by Gasteiger charge is -2.35. The molecule has 4 heterocycles. The maximum atomic E-state index is 12.7. The fraction of sp³-hybridized carbons (Fsp3) is 0.379. The molecule has 214 valence electrons. The van der Waals surface area contributed by atoms with Crippen molar-refractivity contribution in [2.75, 3.05) is 29.9 Å². The predicted molar refractivity (Wildman–Crippen MR) is 159 cm³/mol. The van der Waals surface area contributed by atoms with Crippen LogP contribution in [0.25, 0.3) is 11.3 Å². The predicted octanol–water partition coefficient (Wildman–Crippen LogP) is 4.91. The van der Waals surface area contributed by atoms with Gasteiger partial charge >= 0.3 is 11.8 Å². The molecule has 1 aliphatic rings. The number of amides is 1. The monoisotopic (exact) mass is 575 g/mol. The molecule has 3 N–H and O–H groups in total. The van der Waals surface area contributed by atoms with Gasteiger partial charge in [-0.25, -0.2) is 15.0 Å². The molecule has 0 saturated carbocycles. The van der Waals surface area contributed by atoms with Gasteiger partial charge < -0.3 is 25.4 Å². The Bertz CT molecular complexity index is 1520. The molecule has 0 spiro atoms. The van der Waals surface area contributed by atoms with Gasteiger partial charge in [-0.15, -0.1) is 0 Å². The Morgan fingerprint density at radius 2 is 1.98 bits per heavy atom. The Labute approximate surface area is 244 Å². The highest BCUT2D eigenvalue weighted by Gasteiger charge is 2.25. The summed E-state index contributed by atoms with van der Waals surface area (Å²) in [6, 6.07) is 11.5. The largest absolute Gasteiger partial charge is 0.365 e. The van der Waals surface area contributed by atoms with Crippen LogP contribution in [0.3, 0.4) is 0 Å². The summed E-state index contributed by atoms with van der Waals surface area (Å²) in [7, 11) is 0. The van der Waals surface area contributed by atoms with Crippen molar-refractivity contribution in [2.45, 2.75) is 52.1 Å². The number of carbonyl (C=O) groups is 1. The van der Waals surface area contributed by atoms with Gasteiger partial charge in [-0.05, 0) is 37.6 Å². The Morgan fingerprint density at radius 3 is 2.66 bits per heavy atom. The molecule has 5 rings (SSSR count). The maximum absolute atomic E-state index is 12.7. The van der Waals surface area contributed by atoms with Crippen molar-refractivity contribution in [1.82, 2.24) is 35.7 Å². The van der Waals surface area contributed by atoms with Crippen LogP contribution in [-0.4, -0.2) is 56.7 Å². The lowest BCUT2D eigenvalue weighted by Crippen LogP contribution is -2.49. The summed E-state index contributed by atoms with van der Waals surface area (Å²) in [5.41, 5.74) is 3.02. The lowest BCUT2D eigenvalue weighted by molar-refractivity contribution is 0.0895. The number of halogens is 1. The van der Waals surface area contributed by atoms with E-state index in [1.165, 1.54) is 6.33 Å². The number of carbonyl (C=O) groups excluding carboxylic acids is 1. The van der Waals surface area contributed by atoms with Gasteiger partial charge in [-0.3, -0.25) is 4.79 Å². The van der Waals surface area contributed by atoms with Gasteiger partial charge in [-0.2, -0.15) is 4.98 Å². The van der Waals surface area contributed by atoms with E-state index in [2.05, 4.69) is 58.9 Å². The summed E-state index contributed by atoms with van der Waals surface area (Å²) >= 11 is 6.65. The number of rotatable bonds is 7. The van der Waals surface area contributed by atoms with E-state index in [-0.39, 0.29) is 11.3 Å². The van der Waals surface area contributed by atoms with Crippen LogP contribution in [-0.2, 0) is 5.41 Å². The standard InChI is InChI=1S/C29H34ClN9O2/c1-17-14-31-10-11-39(17)20-7-9-24(32-15-20)36-25-13-23(33-16-34-25)19-6-8-21(22(30)12-19)18(2)35-26(40)27-37-28(38-41-27)29(3,4)5/h6-9,12-13,15-18,31H,10-11,14H2,1-5H3,(H,35,40)(H,32,33,34,36)/t17?,18-/m1/s1. The van der Waals surface area contributed by atoms with E-state index in [0.29, 0.717) is 34.2 Å². The molecule has 12 heteroatoms. The van der Waals surface area contributed by atoms with Gasteiger partial charge in [0.25, 0.3) is 0 Å². The van der Waals surface area contributed by atoms with E-state index in [9.17, 15) is 4.79 Å². The second-order valence-corrected chi connectivity index (χ2v) is 11.6. The average molecular weight is 576 g/mol. The van der Waals surface area contributed by atoms with Gasteiger partial charge in [0.1, 0.15) is 18.0 Å². The average Bonchev–Trinajstić information content (AvgIpc) is 3.46. The number of benzene rings is 1. The zero-order chi connectivity index (χ0) is 29.1. The molecule has 1 unspecified atom stereocenters. The second kappa shape index (κ2) is 11.8. The SMILES string of the molecule is CC1CNCCN1c1ccc(Nc2cc(-c3ccc([C@@H](C)NC(=O)c4nc(C(C)(C)C)no4)c(Cl)c3)ncn2)nc1. The van der Waals surface area contributed by atoms with Crippen molar-refractivity contribution in [3.05, 3.63) is 71.2 Å². The van der Waals surface area contributed by atoms with Crippen LogP contribution in [0.15, 0.2) is 53.4 Å². The summed E-state index contributed by atoms with van der Waals surface area (Å²) in [5, 5.41) is 13.9. The molecule has 3 aromatic heterocycles. The fourth-order valence-corrected chi connectivity index (χ4v) is 4.91. The van der Waals surface area contributed by atoms with Crippen molar-refractivity contribution in [3.63, 3.8) is 0 Å². The zero-order valence-electron chi connectivity index (χ0n) is 23.8. The highest BCUT2D eigenvalue weighted by molar-refractivity contribution is 6.31. The number of hydrogen-bond donors (Lipinski definition) is 3. The summed E-state index contributed by atoms with van der Waals surface area (Å²) < 4.78 is 5.15. The van der Waals surface area contributed by atoms with Crippen LogP contribution < -0.4 is 20.9 Å². The smallest absolute Gasteiger partial charge is 0.315 e. The van der Waals surface area contributed by atoms with Crippen LogP contribution in [0.4, 0.5) is 17.3 Å². The topological polar surface area (TPSA) is 134 Å². The molecular formula is C29H34ClN9O2. The van der Waals surface area contributed by atoms with E-state index in [1.54, 1.807) is 0 Å². The molecule has 1 aromatic carbocycles. The molecule has 1 fully saturated rings. The quantitative estimate of drug-likeness (QED) is 0.279. The van der Waals surface area contributed by atoms with Gasteiger partial charge in [0.15, 0.2) is 5.82 Å². The highest BCUT2D eigenvalue weighted by Crippen LogP contribution is 2.30. The highest BCUT2D eigenvalue weighted by atomic mass is 35.5. The second-order valence-electron chi connectivity index (χ2n) is 11.2. The molecular weight excluding hydrogens is 542 g/mol. The van der Waals surface area contributed by atoms with Gasteiger partial charge in [0.05, 0.1) is 23.6 Å². The van der Waals surface area contributed by atoms with Crippen LogP contribution >= 0.6 is 11.6 Å². The van der Waals surface area contributed by atoms with Crippen molar-refractivity contribution in [3.8, 4) is 11.3 Å². The summed E-state index contributed by atoms with van der Waals surface area (Å²) in [5.74, 6) is 1.22. The van der Waals surface area contributed by atoms with Gasteiger partial charge in [-0.1, -0.05) is 49.7 Å². The Balaban J connectivity index is 1.25. The molecule has 2 atom stereocenters. The Hall–Kier alpha value is -4.09. The van der Waals surface area contributed by atoms with E-state index < -0.39 is 11.9 Å². The van der Waals surface area contributed by atoms with Crippen molar-refractivity contribution < 1.29 is 9.32 Å². The van der Waals surface area contributed by atoms with Crippen molar-refractivity contribution >= 4 is 34.8 Å². The van der Waals surface area contributed by atoms with Crippen molar-refractivity contribution in [2.24, 2.45) is 0 Å². The summed E-state index contributed by atoms with van der Waals surface area (Å²) in [6.07, 6.45) is 3.38. The Kier molecular flexibility index (Phi) is 8.18. The van der Waals surface area contributed by atoms with E-state index in [4.69, 9.17) is 16.1 Å². The van der Waals surface area contributed by atoms with E-state index in [1.807, 2.05) is 64.2 Å². The third kappa shape index (κ3) is 6.63. The van der Waals surface area contributed by atoms with Crippen molar-refractivity contribution in [1.29, 1.82) is 0 Å². The number of piperazine rings is 1. The van der Waals surface area contributed by atoms with Crippen LogP contribution in [0, 0.1) is 0 Å². The van der Waals surface area contributed by atoms with Gasteiger partial charge in [0, 0.05) is 47.7 Å². The Morgan fingerprint density at radius 1 is 1.15 bits per heavy atom. The lowest BCUT2D eigenvalue weighted by atomic mass is 9.96. The molecule has 0 radical (unpaired) electrons. The molecule has 1 amide bonds. The zero-order valence-corrected chi connectivity index (χ0v) is 24.5. The number of pyridine rings is 1. The maximum Gasteiger partial charge on any atom is 0.315 e. The van der Waals surface area contributed by atoms with E-state index in [0.717, 1.165) is 36.4 Å². The molecule has 41 heavy (non-hydrogen) atoms. The first-order valence-corrected chi connectivity index (χ1v) is 13.9. The number of nitrogens with one attached hydrogen (secondary N) is 3. The number of aromatic nitrogens is 5. The third-order valence-corrected chi connectivity index (χ3v) is 7.23. The first-order valence-electron chi connectivity index (χ1n) is 13.6. The van der Waals surface area contributed by atoms with Crippen LogP contribution in [0.5, 0.6) is 0 Å². The third-order valence-electron chi connectivity index (χ3n) is 6.91. The molecule has 0 aliphatic carbocycles. The minimum absolute atomic E-state index is 0.0852. The first-order chi connectivity index (χ1) is 19.6. The number of hydrogen-bond acceptors (Lipinski definition) is 10. The van der Waals surface area contributed by atoms with Crippen LogP contribution in [0.1, 0.15) is 62.7 Å². The normalized spacial score (nSPS) is 16.3. The summed E-state index contributed by atoms with van der Waals surface area (Å²) in [6.45, 7) is 12.8. The summed E-state index contributed by atoms with van der Waals surface area (Å²) in [4.78, 5) is 32.6. The minimum Gasteiger partial charge on any atom is -0.365 e. The molecule has 4 aromatic rings. The molecule has 0 bridgehead atoms. The van der Waals surface area contributed by atoms with Crippen LogP contribution in [0.2, 0.25) is 5.02 Å².